The minimum Gasteiger partial charge on any atom is -0.480 e. The van der Waals surface area contributed by atoms with Gasteiger partial charge in [-0.1, -0.05) is 13.8 Å². The number of aliphatic carboxylic acids is 1. The minimum atomic E-state index is -4.08. The van der Waals surface area contributed by atoms with Gasteiger partial charge in [0.2, 0.25) is 6.17 Å². The fourth-order valence-electron chi connectivity index (χ4n) is 1.39. The fraction of sp³-hybridized carbons (Fsp3) is 0.909. The summed E-state index contributed by atoms with van der Waals surface area (Å²) in [5.74, 6) is -5.26. The van der Waals surface area contributed by atoms with Crippen molar-refractivity contribution in [2.75, 3.05) is 5.75 Å². The molecule has 0 spiro atoms. The van der Waals surface area contributed by atoms with Crippen LogP contribution >= 0.6 is 11.8 Å². The molecule has 1 N–H and O–H groups in total. The van der Waals surface area contributed by atoms with E-state index in [2.05, 4.69) is 0 Å². The minimum absolute atomic E-state index is 0.0562. The molecular formula is C11H17F5O2S. The average molecular weight is 308 g/mol. The van der Waals surface area contributed by atoms with Gasteiger partial charge < -0.3 is 5.11 Å². The SMILES string of the molecule is CC(C)C(SCCCC(F)(F)C(F)C(F)F)C(=O)O. The molecule has 0 bridgehead atoms. The van der Waals surface area contributed by atoms with Crippen LogP contribution in [0.3, 0.4) is 0 Å². The van der Waals surface area contributed by atoms with Gasteiger partial charge in [0, 0.05) is 6.42 Å². The van der Waals surface area contributed by atoms with E-state index in [-0.39, 0.29) is 18.1 Å². The zero-order valence-corrected chi connectivity index (χ0v) is 11.4. The lowest BCUT2D eigenvalue weighted by molar-refractivity contribution is -0.137. The Hall–Kier alpha value is -0.530. The first-order valence-corrected chi connectivity index (χ1v) is 6.79. The molecule has 0 amide bonds. The van der Waals surface area contributed by atoms with Crippen molar-refractivity contribution < 1.29 is 31.9 Å². The van der Waals surface area contributed by atoms with Gasteiger partial charge in [-0.3, -0.25) is 4.79 Å². The maximum absolute atomic E-state index is 12.9. The molecule has 0 aliphatic carbocycles. The number of alkyl halides is 5. The Morgan fingerprint density at radius 2 is 1.79 bits per heavy atom. The lowest BCUT2D eigenvalue weighted by Crippen LogP contribution is -2.35. The van der Waals surface area contributed by atoms with Crippen molar-refractivity contribution in [1.29, 1.82) is 0 Å². The number of carbonyl (C=O) groups is 1. The van der Waals surface area contributed by atoms with Crippen LogP contribution in [0.5, 0.6) is 0 Å². The first kappa shape index (κ1) is 18.5. The van der Waals surface area contributed by atoms with Crippen LogP contribution in [0.4, 0.5) is 22.0 Å². The van der Waals surface area contributed by atoms with Crippen molar-refractivity contribution in [2.45, 2.75) is 50.5 Å². The summed E-state index contributed by atoms with van der Waals surface area (Å²) >= 11 is 0.956. The van der Waals surface area contributed by atoms with Gasteiger partial charge in [0.1, 0.15) is 5.25 Å². The van der Waals surface area contributed by atoms with E-state index in [1.807, 2.05) is 0 Å². The molecule has 0 aromatic rings. The second kappa shape index (κ2) is 7.91. The van der Waals surface area contributed by atoms with Crippen molar-refractivity contribution in [2.24, 2.45) is 5.92 Å². The third-order valence-electron chi connectivity index (χ3n) is 2.43. The van der Waals surface area contributed by atoms with Crippen LogP contribution in [-0.4, -0.2) is 40.6 Å². The van der Waals surface area contributed by atoms with Crippen LogP contribution in [0, 0.1) is 5.92 Å². The fourth-order valence-corrected chi connectivity index (χ4v) is 2.48. The molecule has 0 radical (unpaired) electrons. The monoisotopic (exact) mass is 308 g/mol. The Labute approximate surface area is 112 Å². The number of thioether (sulfide) groups is 1. The molecule has 114 valence electrons. The van der Waals surface area contributed by atoms with Crippen LogP contribution in [0.2, 0.25) is 0 Å². The van der Waals surface area contributed by atoms with E-state index in [1.165, 1.54) is 0 Å². The standard InChI is InChI=1S/C11H17F5O2S/c1-6(2)7(10(17)18)19-5-3-4-11(15,16)8(12)9(13)14/h6-9H,3-5H2,1-2H3,(H,17,18). The lowest BCUT2D eigenvalue weighted by Gasteiger charge is -2.20. The van der Waals surface area contributed by atoms with Crippen LogP contribution in [-0.2, 0) is 4.79 Å². The zero-order valence-electron chi connectivity index (χ0n) is 10.6. The summed E-state index contributed by atoms with van der Waals surface area (Å²) in [6.45, 7) is 3.35. The predicted octanol–water partition coefficient (Wildman–Crippen LogP) is 3.85. The van der Waals surface area contributed by atoms with Crippen LogP contribution < -0.4 is 0 Å². The summed E-state index contributed by atoms with van der Waals surface area (Å²) in [6.07, 6.45) is -8.43. The first-order chi connectivity index (χ1) is 8.59. The Kier molecular flexibility index (Phi) is 7.69. The summed E-state index contributed by atoms with van der Waals surface area (Å²) < 4.78 is 62.1. The molecule has 0 aliphatic rings. The van der Waals surface area contributed by atoms with E-state index in [4.69, 9.17) is 5.11 Å². The van der Waals surface area contributed by atoms with Gasteiger partial charge in [-0.15, -0.1) is 11.8 Å². The maximum Gasteiger partial charge on any atom is 0.316 e. The van der Waals surface area contributed by atoms with Gasteiger partial charge in [-0.2, -0.15) is 0 Å². The van der Waals surface area contributed by atoms with Crippen LogP contribution in [0.1, 0.15) is 26.7 Å². The largest absolute Gasteiger partial charge is 0.480 e. The molecule has 0 saturated heterocycles. The number of rotatable bonds is 9. The number of carboxylic acids is 1. The summed E-state index contributed by atoms with van der Waals surface area (Å²) in [5.41, 5.74) is 0. The van der Waals surface area contributed by atoms with Crippen molar-refractivity contribution in [3.8, 4) is 0 Å². The Morgan fingerprint density at radius 1 is 1.26 bits per heavy atom. The van der Waals surface area contributed by atoms with Crippen molar-refractivity contribution in [3.05, 3.63) is 0 Å². The predicted molar refractivity (Wildman–Crippen MR) is 63.8 cm³/mol. The van der Waals surface area contributed by atoms with Crippen molar-refractivity contribution in [1.82, 2.24) is 0 Å². The molecule has 0 aliphatic heterocycles. The van der Waals surface area contributed by atoms with Crippen LogP contribution in [0.25, 0.3) is 0 Å². The zero-order chi connectivity index (χ0) is 15.2. The Balaban J connectivity index is 4.13. The maximum atomic E-state index is 12.9. The Bertz CT molecular complexity index is 286. The van der Waals surface area contributed by atoms with Gasteiger partial charge in [0.05, 0.1) is 0 Å². The lowest BCUT2D eigenvalue weighted by atomic mass is 10.1. The quantitative estimate of drug-likeness (QED) is 0.519. The average Bonchev–Trinajstić information content (AvgIpc) is 2.26. The van der Waals surface area contributed by atoms with E-state index in [1.54, 1.807) is 13.8 Å². The highest BCUT2D eigenvalue weighted by molar-refractivity contribution is 8.00. The topological polar surface area (TPSA) is 37.3 Å². The van der Waals surface area contributed by atoms with E-state index >= 15 is 0 Å². The molecule has 8 heteroatoms. The van der Waals surface area contributed by atoms with Crippen LogP contribution in [0.15, 0.2) is 0 Å². The number of hydrogen-bond acceptors (Lipinski definition) is 2. The highest BCUT2D eigenvalue weighted by Gasteiger charge is 2.45. The smallest absolute Gasteiger partial charge is 0.316 e. The van der Waals surface area contributed by atoms with E-state index < -0.39 is 36.2 Å². The van der Waals surface area contributed by atoms with Crippen molar-refractivity contribution in [3.63, 3.8) is 0 Å². The highest BCUT2D eigenvalue weighted by atomic mass is 32.2. The Morgan fingerprint density at radius 3 is 2.16 bits per heavy atom. The van der Waals surface area contributed by atoms with Crippen molar-refractivity contribution >= 4 is 17.7 Å². The van der Waals surface area contributed by atoms with Gasteiger partial charge in [-0.05, 0) is 18.1 Å². The molecule has 0 saturated carbocycles. The summed E-state index contributed by atoms with van der Waals surface area (Å²) in [5, 5.41) is 8.09. The van der Waals surface area contributed by atoms with Gasteiger partial charge in [0.15, 0.2) is 0 Å². The summed E-state index contributed by atoms with van der Waals surface area (Å²) in [6, 6.07) is 0. The van der Waals surface area contributed by atoms with E-state index in [0.29, 0.717) is 0 Å². The van der Waals surface area contributed by atoms with E-state index in [0.717, 1.165) is 11.8 Å². The molecule has 0 aromatic heterocycles. The normalized spacial score (nSPS) is 15.8. The molecule has 19 heavy (non-hydrogen) atoms. The molecule has 2 nitrogen and oxygen atoms in total. The second-order valence-electron chi connectivity index (χ2n) is 4.47. The van der Waals surface area contributed by atoms with E-state index in [9.17, 15) is 26.7 Å². The highest BCUT2D eigenvalue weighted by Crippen LogP contribution is 2.32. The van der Waals surface area contributed by atoms with Gasteiger partial charge in [0.25, 0.3) is 12.3 Å². The number of hydrogen-bond donors (Lipinski definition) is 1. The number of halogens is 5. The van der Waals surface area contributed by atoms with Gasteiger partial charge in [-0.25, -0.2) is 22.0 Å². The molecule has 0 rings (SSSR count). The molecule has 0 heterocycles. The first-order valence-electron chi connectivity index (χ1n) is 5.74. The molecule has 0 fully saturated rings. The van der Waals surface area contributed by atoms with Gasteiger partial charge >= 0.3 is 5.97 Å². The molecule has 0 aromatic carbocycles. The summed E-state index contributed by atoms with van der Waals surface area (Å²) in [7, 11) is 0. The molecule has 2 atom stereocenters. The third kappa shape index (κ3) is 6.44. The molecule has 2 unspecified atom stereocenters. The third-order valence-corrected chi connectivity index (χ3v) is 4.05. The molecular weight excluding hydrogens is 291 g/mol. The second-order valence-corrected chi connectivity index (χ2v) is 5.72. The summed E-state index contributed by atoms with van der Waals surface area (Å²) in [4.78, 5) is 10.8. The number of carboxylic acid groups (broad SMARTS) is 1.